The number of hydrogen-bond donors (Lipinski definition) is 2. The molecule has 0 radical (unpaired) electrons. The van der Waals surface area contributed by atoms with Gasteiger partial charge in [-0.1, -0.05) is 18.2 Å². The standard InChI is InChI=1S/C17H24N2O4/c1-22-12-11-19-16(21)17(8-9-17)15(20)18-10-7-13-5-3-4-6-14(13)23-2/h3-6H,7-12H2,1-2H3,(H,18,20)(H,19,21). The normalized spacial score (nSPS) is 14.9. The van der Waals surface area contributed by atoms with Gasteiger partial charge in [0.15, 0.2) is 0 Å². The van der Waals surface area contributed by atoms with Crippen LogP contribution in [0.2, 0.25) is 0 Å². The summed E-state index contributed by atoms with van der Waals surface area (Å²) in [5, 5.41) is 5.62. The molecule has 0 unspecified atom stereocenters. The quantitative estimate of drug-likeness (QED) is 0.523. The SMILES string of the molecule is COCCNC(=O)C1(C(=O)NCCc2ccccc2OC)CC1. The minimum absolute atomic E-state index is 0.192. The monoisotopic (exact) mass is 320 g/mol. The number of amides is 2. The van der Waals surface area contributed by atoms with Crippen molar-refractivity contribution in [1.82, 2.24) is 10.6 Å². The highest BCUT2D eigenvalue weighted by Gasteiger charge is 2.56. The Kier molecular flexibility index (Phi) is 5.98. The zero-order chi connectivity index (χ0) is 16.7. The first-order valence-electron chi connectivity index (χ1n) is 7.81. The Morgan fingerprint density at radius 1 is 1.09 bits per heavy atom. The van der Waals surface area contributed by atoms with Crippen molar-refractivity contribution in [3.63, 3.8) is 0 Å². The van der Waals surface area contributed by atoms with E-state index in [4.69, 9.17) is 9.47 Å². The molecule has 0 aliphatic heterocycles. The summed E-state index contributed by atoms with van der Waals surface area (Å²) in [4.78, 5) is 24.4. The summed E-state index contributed by atoms with van der Waals surface area (Å²) in [5.74, 6) is 0.409. The molecule has 0 spiro atoms. The maximum atomic E-state index is 12.3. The minimum Gasteiger partial charge on any atom is -0.496 e. The second-order valence-electron chi connectivity index (χ2n) is 5.65. The van der Waals surface area contributed by atoms with E-state index in [9.17, 15) is 9.59 Å². The maximum Gasteiger partial charge on any atom is 0.235 e. The molecule has 6 nitrogen and oxygen atoms in total. The van der Waals surface area contributed by atoms with Crippen LogP contribution in [0, 0.1) is 5.41 Å². The van der Waals surface area contributed by atoms with Gasteiger partial charge in [-0.05, 0) is 30.9 Å². The summed E-state index contributed by atoms with van der Waals surface area (Å²) in [7, 11) is 3.20. The third kappa shape index (κ3) is 4.22. The third-order valence-electron chi connectivity index (χ3n) is 4.08. The van der Waals surface area contributed by atoms with Gasteiger partial charge in [0.2, 0.25) is 11.8 Å². The van der Waals surface area contributed by atoms with Crippen molar-refractivity contribution in [2.24, 2.45) is 5.41 Å². The minimum atomic E-state index is -0.880. The Bertz CT molecular complexity index is 555. The molecule has 2 N–H and O–H groups in total. The van der Waals surface area contributed by atoms with Crippen molar-refractivity contribution in [3.8, 4) is 5.75 Å². The molecule has 0 aromatic heterocycles. The van der Waals surface area contributed by atoms with Crippen LogP contribution in [-0.4, -0.2) is 45.7 Å². The highest BCUT2D eigenvalue weighted by atomic mass is 16.5. The van der Waals surface area contributed by atoms with Crippen molar-refractivity contribution in [2.75, 3.05) is 33.9 Å². The van der Waals surface area contributed by atoms with Gasteiger partial charge in [0, 0.05) is 20.2 Å². The van der Waals surface area contributed by atoms with Gasteiger partial charge >= 0.3 is 0 Å². The Labute approximate surface area is 136 Å². The largest absolute Gasteiger partial charge is 0.496 e. The molecule has 0 saturated heterocycles. The molecule has 1 aromatic rings. The molecule has 6 heteroatoms. The van der Waals surface area contributed by atoms with Gasteiger partial charge in [-0.15, -0.1) is 0 Å². The van der Waals surface area contributed by atoms with Crippen LogP contribution in [0.25, 0.3) is 0 Å². The van der Waals surface area contributed by atoms with Crippen LogP contribution in [0.15, 0.2) is 24.3 Å². The molecular formula is C17H24N2O4. The van der Waals surface area contributed by atoms with Crippen molar-refractivity contribution in [1.29, 1.82) is 0 Å². The number of rotatable bonds is 9. The van der Waals surface area contributed by atoms with Crippen LogP contribution in [0.3, 0.4) is 0 Å². The fraction of sp³-hybridized carbons (Fsp3) is 0.529. The summed E-state index contributed by atoms with van der Waals surface area (Å²) in [5.41, 5.74) is 0.152. The van der Waals surface area contributed by atoms with Crippen LogP contribution < -0.4 is 15.4 Å². The van der Waals surface area contributed by atoms with Gasteiger partial charge < -0.3 is 20.1 Å². The van der Waals surface area contributed by atoms with E-state index in [1.807, 2.05) is 24.3 Å². The Morgan fingerprint density at radius 2 is 1.74 bits per heavy atom. The molecule has 0 heterocycles. The Hall–Kier alpha value is -2.08. The average Bonchev–Trinajstić information content (AvgIpc) is 3.37. The molecule has 126 valence electrons. The first kappa shape index (κ1) is 17.3. The number of para-hydroxylation sites is 1. The van der Waals surface area contributed by atoms with E-state index in [1.165, 1.54) is 0 Å². The van der Waals surface area contributed by atoms with E-state index in [2.05, 4.69) is 10.6 Å². The molecule has 1 saturated carbocycles. The lowest BCUT2D eigenvalue weighted by atomic mass is 10.0. The number of carbonyl (C=O) groups is 2. The summed E-state index contributed by atoms with van der Waals surface area (Å²) in [6, 6.07) is 7.70. The van der Waals surface area contributed by atoms with Gasteiger partial charge in [0.25, 0.3) is 0 Å². The number of hydrogen-bond acceptors (Lipinski definition) is 4. The van der Waals surface area contributed by atoms with Crippen molar-refractivity contribution >= 4 is 11.8 Å². The first-order valence-corrected chi connectivity index (χ1v) is 7.81. The van der Waals surface area contributed by atoms with Gasteiger partial charge in [0.1, 0.15) is 11.2 Å². The maximum absolute atomic E-state index is 12.3. The average molecular weight is 320 g/mol. The molecule has 1 aliphatic carbocycles. The predicted molar refractivity (Wildman–Crippen MR) is 86.3 cm³/mol. The number of benzene rings is 1. The zero-order valence-electron chi connectivity index (χ0n) is 13.7. The number of methoxy groups -OCH3 is 2. The van der Waals surface area contributed by atoms with Crippen LogP contribution in [-0.2, 0) is 20.7 Å². The fourth-order valence-electron chi connectivity index (χ4n) is 2.51. The predicted octanol–water partition coefficient (Wildman–Crippen LogP) is 0.897. The number of nitrogens with one attached hydrogen (secondary N) is 2. The molecule has 1 aliphatic rings. The fourth-order valence-corrected chi connectivity index (χ4v) is 2.51. The van der Waals surface area contributed by atoms with Crippen molar-refractivity contribution in [3.05, 3.63) is 29.8 Å². The topological polar surface area (TPSA) is 76.7 Å². The van der Waals surface area contributed by atoms with Gasteiger partial charge in [0.05, 0.1) is 13.7 Å². The summed E-state index contributed by atoms with van der Waals surface area (Å²) < 4.78 is 10.2. The molecule has 1 fully saturated rings. The second kappa shape index (κ2) is 7.97. The van der Waals surface area contributed by atoms with Crippen molar-refractivity contribution < 1.29 is 19.1 Å². The lowest BCUT2D eigenvalue weighted by Gasteiger charge is -2.15. The van der Waals surface area contributed by atoms with Gasteiger partial charge in [-0.25, -0.2) is 0 Å². The van der Waals surface area contributed by atoms with Crippen LogP contribution >= 0.6 is 0 Å². The van der Waals surface area contributed by atoms with Crippen molar-refractivity contribution in [2.45, 2.75) is 19.3 Å². The van der Waals surface area contributed by atoms with Gasteiger partial charge in [-0.2, -0.15) is 0 Å². The highest BCUT2D eigenvalue weighted by molar-refractivity contribution is 6.07. The van der Waals surface area contributed by atoms with Crippen LogP contribution in [0.4, 0.5) is 0 Å². The second-order valence-corrected chi connectivity index (χ2v) is 5.65. The lowest BCUT2D eigenvalue weighted by Crippen LogP contribution is -2.44. The van der Waals surface area contributed by atoms with E-state index in [-0.39, 0.29) is 11.8 Å². The number of ether oxygens (including phenoxy) is 2. The zero-order valence-corrected chi connectivity index (χ0v) is 13.7. The lowest BCUT2D eigenvalue weighted by molar-refractivity contribution is -0.137. The van der Waals surface area contributed by atoms with E-state index < -0.39 is 5.41 Å². The summed E-state index contributed by atoms with van der Waals surface area (Å²) in [6.07, 6.45) is 1.87. The van der Waals surface area contributed by atoms with Crippen LogP contribution in [0.5, 0.6) is 5.75 Å². The first-order chi connectivity index (χ1) is 11.1. The Morgan fingerprint density at radius 3 is 2.35 bits per heavy atom. The third-order valence-corrected chi connectivity index (χ3v) is 4.08. The Balaban J connectivity index is 1.81. The molecule has 0 atom stereocenters. The molecule has 2 amide bonds. The highest BCUT2D eigenvalue weighted by Crippen LogP contribution is 2.46. The molecule has 2 rings (SSSR count). The molecule has 1 aromatic carbocycles. The smallest absolute Gasteiger partial charge is 0.235 e. The van der Waals surface area contributed by atoms with E-state index >= 15 is 0 Å². The van der Waals surface area contributed by atoms with E-state index in [0.29, 0.717) is 39.0 Å². The van der Waals surface area contributed by atoms with Gasteiger partial charge in [-0.3, -0.25) is 9.59 Å². The van der Waals surface area contributed by atoms with E-state index in [0.717, 1.165) is 11.3 Å². The molecule has 0 bridgehead atoms. The van der Waals surface area contributed by atoms with Crippen LogP contribution in [0.1, 0.15) is 18.4 Å². The number of carbonyl (C=O) groups excluding carboxylic acids is 2. The summed E-state index contributed by atoms with van der Waals surface area (Å²) >= 11 is 0. The summed E-state index contributed by atoms with van der Waals surface area (Å²) in [6.45, 7) is 1.34. The molecular weight excluding hydrogens is 296 g/mol. The van der Waals surface area contributed by atoms with E-state index in [1.54, 1.807) is 14.2 Å². The molecule has 23 heavy (non-hydrogen) atoms.